The molecule has 4 atom stereocenters. The number of rotatable bonds is 0. The van der Waals surface area contributed by atoms with Gasteiger partial charge in [0.2, 0.25) is 10.0 Å². The molecule has 17 heavy (non-hydrogen) atoms. The quantitative estimate of drug-likeness (QED) is 0.616. The fraction of sp³-hybridized carbons (Fsp3) is 1.00. The summed E-state index contributed by atoms with van der Waals surface area (Å²) in [4.78, 5) is 5.76. The third kappa shape index (κ3) is 0.608. The Balaban J connectivity index is 1.87. The fourth-order valence-corrected chi connectivity index (χ4v) is 8.55. The molecule has 5 aliphatic rings. The Morgan fingerprint density at radius 2 is 1.94 bits per heavy atom. The lowest BCUT2D eigenvalue weighted by Crippen LogP contribution is -2.44. The van der Waals surface area contributed by atoms with Gasteiger partial charge < -0.3 is 0 Å². The molecular formula is C12H17NO3S. The van der Waals surface area contributed by atoms with Gasteiger partial charge in [-0.2, -0.15) is 0 Å². The van der Waals surface area contributed by atoms with E-state index in [0.29, 0.717) is 11.7 Å². The first-order valence-corrected chi connectivity index (χ1v) is 8.17. The second-order valence-corrected chi connectivity index (χ2v) is 9.05. The Kier molecular flexibility index (Phi) is 1.15. The Bertz CT molecular complexity index is 562. The summed E-state index contributed by atoms with van der Waals surface area (Å²) in [5, 5.41) is 0. The van der Waals surface area contributed by atoms with Crippen molar-refractivity contribution >= 4 is 10.0 Å². The lowest BCUT2D eigenvalue weighted by atomic mass is 9.68. The highest BCUT2D eigenvalue weighted by molar-refractivity contribution is 7.89. The van der Waals surface area contributed by atoms with Crippen LogP contribution < -0.4 is 0 Å². The van der Waals surface area contributed by atoms with Gasteiger partial charge >= 0.3 is 0 Å². The van der Waals surface area contributed by atoms with Crippen molar-refractivity contribution in [2.45, 2.75) is 45.3 Å². The lowest BCUT2D eigenvalue weighted by Gasteiger charge is -2.36. The van der Waals surface area contributed by atoms with E-state index in [1.54, 1.807) is 0 Å². The Morgan fingerprint density at radius 3 is 2.53 bits per heavy atom. The summed E-state index contributed by atoms with van der Waals surface area (Å²) in [6.07, 6.45) is 4.55. The molecule has 5 fully saturated rings. The minimum atomic E-state index is -3.15. The highest BCUT2D eigenvalue weighted by Gasteiger charge is 2.98. The molecule has 0 aromatic rings. The average Bonchev–Trinajstić information content (AvgIpc) is 3.03. The van der Waals surface area contributed by atoms with Crippen molar-refractivity contribution in [3.05, 3.63) is 0 Å². The number of hydroxylamine groups is 1. The standard InChI is InChI=1S/C12H17NO3S/c1-9(2)8-3-4-11(9)7-17(14,15)13-12(11,16-13)10(8)5-6-10/h8H,3-7H2,1-2H3/t8-,11-,12-,13?/m0/s1. The molecule has 3 spiro atoms. The van der Waals surface area contributed by atoms with Crippen LogP contribution in [0.4, 0.5) is 0 Å². The molecule has 0 amide bonds. The number of nitrogens with zero attached hydrogens (tertiary/aromatic N) is 1. The van der Waals surface area contributed by atoms with Gasteiger partial charge in [-0.15, -0.1) is 0 Å². The molecule has 0 aromatic heterocycles. The van der Waals surface area contributed by atoms with Crippen LogP contribution in [0.5, 0.6) is 0 Å². The van der Waals surface area contributed by atoms with Crippen LogP contribution in [0.15, 0.2) is 0 Å². The van der Waals surface area contributed by atoms with E-state index >= 15 is 0 Å². The summed E-state index contributed by atoms with van der Waals surface area (Å²) in [5.74, 6) is 0.987. The van der Waals surface area contributed by atoms with E-state index in [0.717, 1.165) is 19.3 Å². The van der Waals surface area contributed by atoms with E-state index in [9.17, 15) is 8.42 Å². The summed E-state index contributed by atoms with van der Waals surface area (Å²) in [6.45, 7) is 4.56. The predicted molar refractivity (Wildman–Crippen MR) is 60.0 cm³/mol. The van der Waals surface area contributed by atoms with E-state index in [1.165, 1.54) is 10.9 Å². The molecule has 3 saturated carbocycles. The largest absolute Gasteiger partial charge is 0.254 e. The van der Waals surface area contributed by atoms with Crippen molar-refractivity contribution in [1.29, 1.82) is 0 Å². The molecule has 5 heteroatoms. The zero-order chi connectivity index (χ0) is 11.9. The number of sulfonamides is 1. The van der Waals surface area contributed by atoms with Crippen molar-refractivity contribution in [2.24, 2.45) is 22.2 Å². The van der Waals surface area contributed by atoms with E-state index in [4.69, 9.17) is 4.84 Å². The fourth-order valence-electron chi connectivity index (χ4n) is 6.13. The van der Waals surface area contributed by atoms with Crippen molar-refractivity contribution in [3.63, 3.8) is 0 Å². The molecule has 3 aliphatic carbocycles. The van der Waals surface area contributed by atoms with Crippen molar-refractivity contribution < 1.29 is 13.3 Å². The number of hydrogen-bond acceptors (Lipinski definition) is 3. The topological polar surface area (TPSA) is 49.7 Å². The summed E-state index contributed by atoms with van der Waals surface area (Å²) >= 11 is 0. The zero-order valence-corrected chi connectivity index (χ0v) is 11.0. The maximum absolute atomic E-state index is 12.2. The van der Waals surface area contributed by atoms with E-state index in [-0.39, 0.29) is 16.2 Å². The molecule has 2 heterocycles. The molecule has 0 N–H and O–H groups in total. The molecule has 2 bridgehead atoms. The molecule has 5 rings (SSSR count). The van der Waals surface area contributed by atoms with Gasteiger partial charge in [-0.25, -0.2) is 8.42 Å². The van der Waals surface area contributed by atoms with Crippen LogP contribution in [0, 0.1) is 22.2 Å². The molecule has 4 nitrogen and oxygen atoms in total. The van der Waals surface area contributed by atoms with Gasteiger partial charge in [0.15, 0.2) is 5.72 Å². The van der Waals surface area contributed by atoms with Gasteiger partial charge in [-0.05, 0) is 41.5 Å². The Morgan fingerprint density at radius 1 is 1.24 bits per heavy atom. The molecule has 1 unspecified atom stereocenters. The first kappa shape index (κ1) is 9.75. The van der Waals surface area contributed by atoms with E-state index < -0.39 is 15.7 Å². The van der Waals surface area contributed by atoms with E-state index in [1.807, 2.05) is 0 Å². The zero-order valence-electron chi connectivity index (χ0n) is 10.2. The van der Waals surface area contributed by atoms with Crippen LogP contribution in [-0.2, 0) is 14.9 Å². The average molecular weight is 255 g/mol. The molecule has 2 saturated heterocycles. The highest BCUT2D eigenvalue weighted by Crippen LogP contribution is 2.91. The molecule has 0 radical (unpaired) electrons. The SMILES string of the molecule is CC1(C)[C@@H]2CC[C@]13CS(=O)(=O)N1O[C@]13C21CC1. The van der Waals surface area contributed by atoms with Crippen LogP contribution in [0.2, 0.25) is 0 Å². The smallest absolute Gasteiger partial charge is 0.239 e. The van der Waals surface area contributed by atoms with Crippen molar-refractivity contribution in [2.75, 3.05) is 5.75 Å². The summed E-state index contributed by atoms with van der Waals surface area (Å²) in [5.41, 5.74) is -0.245. The Labute approximate surface area is 101 Å². The number of hydrogen-bond donors (Lipinski definition) is 0. The van der Waals surface area contributed by atoms with Gasteiger partial charge in [0.1, 0.15) is 0 Å². The number of fused-ring (bicyclic) bond motifs is 2. The van der Waals surface area contributed by atoms with Gasteiger partial charge in [-0.1, -0.05) is 13.8 Å². The maximum atomic E-state index is 12.2. The normalized spacial score (nSPS) is 61.3. The minimum Gasteiger partial charge on any atom is -0.254 e. The summed E-state index contributed by atoms with van der Waals surface area (Å²) in [6, 6.07) is 0. The van der Waals surface area contributed by atoms with Crippen molar-refractivity contribution in [1.82, 2.24) is 4.47 Å². The third-order valence-corrected chi connectivity index (χ3v) is 8.56. The molecule has 2 aliphatic heterocycles. The van der Waals surface area contributed by atoms with Gasteiger partial charge in [0.25, 0.3) is 0 Å². The van der Waals surface area contributed by atoms with Gasteiger partial charge in [0, 0.05) is 10.8 Å². The summed E-state index contributed by atoms with van der Waals surface area (Å²) < 4.78 is 25.8. The summed E-state index contributed by atoms with van der Waals surface area (Å²) in [7, 11) is -3.15. The lowest BCUT2D eigenvalue weighted by molar-refractivity contribution is 0.0498. The third-order valence-electron chi connectivity index (χ3n) is 6.86. The van der Waals surface area contributed by atoms with E-state index in [2.05, 4.69) is 13.8 Å². The maximum Gasteiger partial charge on any atom is 0.239 e. The molecule has 0 aromatic carbocycles. The Hall–Kier alpha value is -0.130. The first-order valence-electron chi connectivity index (χ1n) is 6.56. The van der Waals surface area contributed by atoms with Gasteiger partial charge in [-0.3, -0.25) is 4.84 Å². The highest BCUT2D eigenvalue weighted by atomic mass is 32.2. The second kappa shape index (κ2) is 2.00. The van der Waals surface area contributed by atoms with Crippen LogP contribution in [0.25, 0.3) is 0 Å². The predicted octanol–water partition coefficient (Wildman–Crippen LogP) is 1.49. The monoisotopic (exact) mass is 255 g/mol. The second-order valence-electron chi connectivity index (χ2n) is 7.27. The van der Waals surface area contributed by atoms with Crippen LogP contribution in [0.1, 0.15) is 39.5 Å². The molecular weight excluding hydrogens is 238 g/mol. The van der Waals surface area contributed by atoms with Crippen molar-refractivity contribution in [3.8, 4) is 0 Å². The van der Waals surface area contributed by atoms with Crippen LogP contribution in [0.3, 0.4) is 0 Å². The first-order chi connectivity index (χ1) is 7.84. The van der Waals surface area contributed by atoms with Crippen LogP contribution >= 0.6 is 0 Å². The van der Waals surface area contributed by atoms with Crippen LogP contribution in [-0.4, -0.2) is 24.4 Å². The molecule has 94 valence electrons. The van der Waals surface area contributed by atoms with Gasteiger partial charge in [0.05, 0.1) is 5.75 Å². The minimum absolute atomic E-state index is 0.113.